The second kappa shape index (κ2) is 14.6. The summed E-state index contributed by atoms with van der Waals surface area (Å²) in [6.45, 7) is 1.84. The molecule has 45 heavy (non-hydrogen) atoms. The zero-order chi connectivity index (χ0) is 31.8. The molecule has 1 fully saturated rings. The Kier molecular flexibility index (Phi) is 10.1. The van der Waals surface area contributed by atoms with E-state index < -0.39 is 0 Å². The Balaban J connectivity index is 1.45. The number of nitrogens with zero attached hydrogens (tertiary/aromatic N) is 4. The van der Waals surface area contributed by atoms with Gasteiger partial charge in [-0.25, -0.2) is 0 Å². The molecule has 0 aliphatic carbocycles. The zero-order valence-electron chi connectivity index (χ0n) is 24.8. The lowest BCUT2D eigenvalue weighted by Crippen LogP contribution is -2.18. The number of pyridine rings is 1. The molecule has 1 amide bonds. The van der Waals surface area contributed by atoms with Crippen LogP contribution >= 0.6 is 11.6 Å². The number of carbonyl (C=O) groups is 1. The standard InChI is InChI=1S/C34H31ClN6O4/c1-41(2)12-5-8-33(42)40-30-15-27-29(16-32(30)45-26-11-13-43-21-26)38-19-24(18-37)34(27)39-25-9-10-31(28(35)14-25)44-20-23-7-4-3-6-22(23)17-36/h3-10,14-16,19,26H,11-13,20-21H2,1-2H3,(H,38,39)(H,40,42)/t26-/m0/s1. The number of likely N-dealkylation sites (N-methyl/N-ethyl adjacent to an activating group) is 1. The lowest BCUT2D eigenvalue weighted by molar-refractivity contribution is -0.111. The summed E-state index contributed by atoms with van der Waals surface area (Å²) in [5.41, 5.74) is 3.68. The van der Waals surface area contributed by atoms with E-state index in [2.05, 4.69) is 27.8 Å². The van der Waals surface area contributed by atoms with Gasteiger partial charge >= 0.3 is 0 Å². The van der Waals surface area contributed by atoms with Crippen LogP contribution in [0.15, 0.2) is 72.9 Å². The van der Waals surface area contributed by atoms with E-state index in [1.165, 1.54) is 12.3 Å². The fraction of sp³-hybridized carbons (Fsp3) is 0.235. The van der Waals surface area contributed by atoms with Crippen molar-refractivity contribution in [3.8, 4) is 23.6 Å². The number of hydrogen-bond donors (Lipinski definition) is 2. The third-order valence-corrected chi connectivity index (χ3v) is 7.29. The van der Waals surface area contributed by atoms with Gasteiger partial charge in [-0.2, -0.15) is 10.5 Å². The Morgan fingerprint density at radius 3 is 2.69 bits per heavy atom. The highest BCUT2D eigenvalue weighted by Gasteiger charge is 2.21. The van der Waals surface area contributed by atoms with Gasteiger partial charge < -0.3 is 29.7 Å². The Hall–Kier alpha value is -5.13. The number of nitriles is 2. The summed E-state index contributed by atoms with van der Waals surface area (Å²) in [4.78, 5) is 19.3. The van der Waals surface area contributed by atoms with Crippen LogP contribution in [-0.2, 0) is 16.1 Å². The monoisotopic (exact) mass is 622 g/mol. The molecule has 1 aliphatic rings. The number of fused-ring (bicyclic) bond motifs is 1. The second-order valence-electron chi connectivity index (χ2n) is 10.6. The number of aromatic nitrogens is 1. The molecule has 2 N–H and O–H groups in total. The number of halogens is 1. The van der Waals surface area contributed by atoms with Crippen LogP contribution in [0.3, 0.4) is 0 Å². The van der Waals surface area contributed by atoms with Gasteiger partial charge in [-0.05, 0) is 44.4 Å². The van der Waals surface area contributed by atoms with Gasteiger partial charge in [0.1, 0.15) is 30.3 Å². The molecule has 0 unspecified atom stereocenters. The molecular weight excluding hydrogens is 592 g/mol. The van der Waals surface area contributed by atoms with E-state index in [0.29, 0.717) is 75.4 Å². The highest BCUT2D eigenvalue weighted by atomic mass is 35.5. The Labute approximate surface area is 266 Å². The summed E-state index contributed by atoms with van der Waals surface area (Å²) < 4.78 is 17.6. The molecule has 11 heteroatoms. The fourth-order valence-electron chi connectivity index (χ4n) is 4.72. The van der Waals surface area contributed by atoms with Crippen LogP contribution in [0.5, 0.6) is 11.5 Å². The first-order valence-corrected chi connectivity index (χ1v) is 14.6. The summed E-state index contributed by atoms with van der Waals surface area (Å²) in [6, 6.07) is 20.2. The zero-order valence-corrected chi connectivity index (χ0v) is 25.6. The molecule has 3 aromatic carbocycles. The SMILES string of the molecule is CN(C)CC=CC(=O)Nc1cc2c(Nc3ccc(OCc4ccccc4C#N)c(Cl)c3)c(C#N)cnc2cc1O[C@H]1CCOC1. The summed E-state index contributed by atoms with van der Waals surface area (Å²) in [5.74, 6) is 0.584. The molecule has 1 aromatic heterocycles. The third kappa shape index (κ3) is 7.88. The van der Waals surface area contributed by atoms with Crippen LogP contribution in [0.1, 0.15) is 23.1 Å². The van der Waals surface area contributed by atoms with Gasteiger partial charge in [-0.3, -0.25) is 9.78 Å². The molecule has 228 valence electrons. The van der Waals surface area contributed by atoms with Crippen molar-refractivity contribution in [1.82, 2.24) is 9.88 Å². The Morgan fingerprint density at radius 1 is 1.13 bits per heavy atom. The van der Waals surface area contributed by atoms with Crippen LogP contribution in [0.25, 0.3) is 10.9 Å². The normalized spacial score (nSPS) is 14.3. The molecule has 0 bridgehead atoms. The van der Waals surface area contributed by atoms with Crippen molar-refractivity contribution in [2.24, 2.45) is 0 Å². The van der Waals surface area contributed by atoms with Crippen molar-refractivity contribution >= 4 is 45.5 Å². The summed E-state index contributed by atoms with van der Waals surface area (Å²) in [6.07, 6.45) is 5.30. The van der Waals surface area contributed by atoms with Gasteiger partial charge in [0.25, 0.3) is 0 Å². The Bertz CT molecular complexity index is 1820. The quantitative estimate of drug-likeness (QED) is 0.188. The van der Waals surface area contributed by atoms with E-state index in [4.69, 9.17) is 25.8 Å². The van der Waals surface area contributed by atoms with Gasteiger partial charge in [0.05, 0.1) is 52.3 Å². The first-order chi connectivity index (χ1) is 21.8. The number of benzene rings is 3. The van der Waals surface area contributed by atoms with E-state index in [-0.39, 0.29) is 18.6 Å². The van der Waals surface area contributed by atoms with Crippen LogP contribution in [-0.4, -0.2) is 55.7 Å². The van der Waals surface area contributed by atoms with Crippen LogP contribution in [0.4, 0.5) is 17.1 Å². The minimum absolute atomic E-state index is 0.158. The number of ether oxygens (including phenoxy) is 3. The number of nitrogens with one attached hydrogen (secondary N) is 2. The van der Waals surface area contributed by atoms with E-state index in [1.54, 1.807) is 48.5 Å². The number of anilines is 3. The molecule has 0 saturated carbocycles. The molecule has 1 aliphatic heterocycles. The number of hydrogen-bond acceptors (Lipinski definition) is 9. The van der Waals surface area contributed by atoms with Crippen molar-refractivity contribution in [2.45, 2.75) is 19.1 Å². The molecule has 1 atom stereocenters. The van der Waals surface area contributed by atoms with E-state index >= 15 is 0 Å². The minimum atomic E-state index is -0.317. The van der Waals surface area contributed by atoms with Crippen molar-refractivity contribution in [2.75, 3.05) is 44.5 Å². The maximum absolute atomic E-state index is 12.8. The van der Waals surface area contributed by atoms with Gasteiger partial charge in [-0.1, -0.05) is 35.9 Å². The summed E-state index contributed by atoms with van der Waals surface area (Å²) in [5, 5.41) is 26.5. The van der Waals surface area contributed by atoms with Gasteiger partial charge in [0.2, 0.25) is 5.91 Å². The summed E-state index contributed by atoms with van der Waals surface area (Å²) >= 11 is 6.58. The molecule has 1 saturated heterocycles. The van der Waals surface area contributed by atoms with Crippen molar-refractivity contribution in [1.29, 1.82) is 10.5 Å². The third-order valence-electron chi connectivity index (χ3n) is 6.99. The van der Waals surface area contributed by atoms with Gasteiger partial charge in [-0.15, -0.1) is 0 Å². The topological polar surface area (TPSA) is 133 Å². The van der Waals surface area contributed by atoms with Crippen molar-refractivity contribution in [3.63, 3.8) is 0 Å². The van der Waals surface area contributed by atoms with Crippen LogP contribution < -0.4 is 20.1 Å². The number of rotatable bonds is 11. The highest BCUT2D eigenvalue weighted by molar-refractivity contribution is 6.32. The fourth-order valence-corrected chi connectivity index (χ4v) is 4.95. The maximum atomic E-state index is 12.8. The molecule has 0 spiro atoms. The lowest BCUT2D eigenvalue weighted by Gasteiger charge is -2.19. The molecule has 5 rings (SSSR count). The van der Waals surface area contributed by atoms with Crippen molar-refractivity contribution in [3.05, 3.63) is 94.7 Å². The predicted molar refractivity (Wildman–Crippen MR) is 173 cm³/mol. The Morgan fingerprint density at radius 2 is 1.96 bits per heavy atom. The first kappa shape index (κ1) is 31.3. The minimum Gasteiger partial charge on any atom is -0.487 e. The number of carbonyl (C=O) groups excluding carboxylic acids is 1. The largest absolute Gasteiger partial charge is 0.487 e. The van der Waals surface area contributed by atoms with Crippen LogP contribution in [0.2, 0.25) is 5.02 Å². The molecule has 0 radical (unpaired) electrons. The van der Waals surface area contributed by atoms with E-state index in [1.807, 2.05) is 31.1 Å². The van der Waals surface area contributed by atoms with Gasteiger partial charge in [0, 0.05) is 47.9 Å². The smallest absolute Gasteiger partial charge is 0.248 e. The molecule has 10 nitrogen and oxygen atoms in total. The second-order valence-corrected chi connectivity index (χ2v) is 11.0. The molecule has 2 heterocycles. The van der Waals surface area contributed by atoms with E-state index in [0.717, 1.165) is 12.0 Å². The summed E-state index contributed by atoms with van der Waals surface area (Å²) in [7, 11) is 3.83. The first-order valence-electron chi connectivity index (χ1n) is 14.3. The molecule has 4 aromatic rings. The lowest BCUT2D eigenvalue weighted by atomic mass is 10.1. The van der Waals surface area contributed by atoms with Gasteiger partial charge in [0.15, 0.2) is 0 Å². The predicted octanol–water partition coefficient (Wildman–Crippen LogP) is 6.18. The van der Waals surface area contributed by atoms with Crippen LogP contribution in [0, 0.1) is 22.7 Å². The highest BCUT2D eigenvalue weighted by Crippen LogP contribution is 2.38. The maximum Gasteiger partial charge on any atom is 0.248 e. The average molecular weight is 623 g/mol. The number of amides is 1. The van der Waals surface area contributed by atoms with E-state index in [9.17, 15) is 15.3 Å². The van der Waals surface area contributed by atoms with Crippen molar-refractivity contribution < 1.29 is 19.0 Å². The average Bonchev–Trinajstić information content (AvgIpc) is 3.54. The molecular formula is C34H31ClN6O4.